The lowest BCUT2D eigenvalue weighted by molar-refractivity contribution is -0.137. The summed E-state index contributed by atoms with van der Waals surface area (Å²) in [4.78, 5) is 17.2. The number of anilines is 3. The van der Waals surface area contributed by atoms with Gasteiger partial charge in [0.15, 0.2) is 0 Å². The molecule has 0 spiro atoms. The minimum absolute atomic E-state index is 0.0551. The quantitative estimate of drug-likeness (QED) is 0.552. The van der Waals surface area contributed by atoms with Crippen LogP contribution in [0.4, 0.5) is 30.4 Å². The Balaban J connectivity index is 1.62. The van der Waals surface area contributed by atoms with Crippen LogP contribution in [0.15, 0.2) is 55.1 Å². The summed E-state index contributed by atoms with van der Waals surface area (Å²) in [5.74, 6) is 1.45. The van der Waals surface area contributed by atoms with Gasteiger partial charge in [0.1, 0.15) is 17.3 Å². The summed E-state index contributed by atoms with van der Waals surface area (Å²) in [6.45, 7) is 3.40. The highest BCUT2D eigenvalue weighted by atomic mass is 19.4. The van der Waals surface area contributed by atoms with E-state index in [2.05, 4.69) is 19.9 Å². The van der Waals surface area contributed by atoms with E-state index in [0.717, 1.165) is 55.3 Å². The van der Waals surface area contributed by atoms with Crippen LogP contribution in [-0.4, -0.2) is 41.2 Å². The summed E-state index contributed by atoms with van der Waals surface area (Å²) >= 11 is 0. The summed E-state index contributed by atoms with van der Waals surface area (Å²) in [5.41, 5.74) is 1.58. The molecule has 1 fully saturated rings. The van der Waals surface area contributed by atoms with E-state index < -0.39 is 11.7 Å². The molecular weight excluding hydrogens is 419 g/mol. The number of piperidine rings is 1. The van der Waals surface area contributed by atoms with Crippen molar-refractivity contribution in [2.45, 2.75) is 32.0 Å². The smallest absolute Gasteiger partial charge is 0.416 e. The maximum absolute atomic E-state index is 13.1. The van der Waals surface area contributed by atoms with Gasteiger partial charge in [0, 0.05) is 37.1 Å². The molecule has 4 rings (SSSR count). The van der Waals surface area contributed by atoms with Gasteiger partial charge in [-0.3, -0.25) is 9.97 Å². The summed E-state index contributed by atoms with van der Waals surface area (Å²) in [7, 11) is 1.57. The molecule has 168 valence electrons. The molecule has 0 N–H and O–H groups in total. The fourth-order valence-electron chi connectivity index (χ4n) is 3.99. The molecule has 1 saturated heterocycles. The third-order valence-electron chi connectivity index (χ3n) is 5.63. The Morgan fingerprint density at radius 3 is 2.31 bits per heavy atom. The zero-order chi connectivity index (χ0) is 22.7. The van der Waals surface area contributed by atoms with Gasteiger partial charge >= 0.3 is 6.18 Å². The van der Waals surface area contributed by atoms with Gasteiger partial charge < -0.3 is 14.5 Å². The molecule has 0 aliphatic carbocycles. The first-order valence-corrected chi connectivity index (χ1v) is 10.3. The highest BCUT2D eigenvalue weighted by Gasteiger charge is 2.32. The van der Waals surface area contributed by atoms with E-state index in [-0.39, 0.29) is 6.04 Å². The van der Waals surface area contributed by atoms with Crippen LogP contribution in [0.3, 0.4) is 0 Å². The van der Waals surface area contributed by atoms with Crippen molar-refractivity contribution in [3.63, 3.8) is 0 Å². The Morgan fingerprint density at radius 2 is 1.72 bits per heavy atom. The number of hydrogen-bond acceptors (Lipinski definition) is 6. The SMILES string of the molecule is COc1ccncc1N(c1ccc(C(F)(F)F)cc1)C1CCN(c2cnc(C)cn2)CC1. The van der Waals surface area contributed by atoms with Crippen molar-refractivity contribution in [2.75, 3.05) is 30.0 Å². The van der Waals surface area contributed by atoms with Crippen LogP contribution in [0.5, 0.6) is 5.75 Å². The van der Waals surface area contributed by atoms with Gasteiger partial charge in [-0.1, -0.05) is 0 Å². The summed E-state index contributed by atoms with van der Waals surface area (Å²) < 4.78 is 44.8. The minimum atomic E-state index is -4.38. The zero-order valence-electron chi connectivity index (χ0n) is 17.9. The number of hydrogen-bond donors (Lipinski definition) is 0. The molecule has 9 heteroatoms. The monoisotopic (exact) mass is 443 g/mol. The predicted octanol–water partition coefficient (Wildman–Crippen LogP) is 5.01. The molecule has 0 atom stereocenters. The average Bonchev–Trinajstić information content (AvgIpc) is 2.80. The maximum atomic E-state index is 13.1. The van der Waals surface area contributed by atoms with Crippen LogP contribution in [0.1, 0.15) is 24.1 Å². The van der Waals surface area contributed by atoms with Gasteiger partial charge in [-0.05, 0) is 44.0 Å². The Kier molecular flexibility index (Phi) is 6.16. The molecule has 3 aromatic rings. The van der Waals surface area contributed by atoms with Crippen LogP contribution >= 0.6 is 0 Å². The molecule has 0 unspecified atom stereocenters. The number of alkyl halides is 3. The molecule has 1 aliphatic heterocycles. The highest BCUT2D eigenvalue weighted by Crippen LogP contribution is 2.39. The fraction of sp³-hybridized carbons (Fsp3) is 0.348. The third-order valence-corrected chi connectivity index (χ3v) is 5.63. The normalized spacial score (nSPS) is 15.0. The van der Waals surface area contributed by atoms with E-state index in [1.54, 1.807) is 38.0 Å². The van der Waals surface area contributed by atoms with E-state index in [4.69, 9.17) is 4.74 Å². The molecule has 1 aliphatic rings. The lowest BCUT2D eigenvalue weighted by Crippen LogP contribution is -2.43. The van der Waals surface area contributed by atoms with Crippen LogP contribution in [0.25, 0.3) is 0 Å². The standard InChI is InChI=1S/C23H24F3N5O/c1-16-13-29-22(15-28-16)30-11-8-19(9-12-30)31(20-14-27-10-7-21(20)32-2)18-5-3-17(4-6-18)23(24,25)26/h3-7,10,13-15,19H,8-9,11-12H2,1-2H3. The lowest BCUT2D eigenvalue weighted by Gasteiger charge is -2.40. The molecule has 1 aromatic carbocycles. The molecule has 6 nitrogen and oxygen atoms in total. The van der Waals surface area contributed by atoms with Gasteiger partial charge in [-0.2, -0.15) is 13.2 Å². The second-order valence-corrected chi connectivity index (χ2v) is 7.70. The lowest BCUT2D eigenvalue weighted by atomic mass is 10.0. The number of rotatable bonds is 5. The largest absolute Gasteiger partial charge is 0.494 e. The number of nitrogens with zero attached hydrogens (tertiary/aromatic N) is 5. The first-order valence-electron chi connectivity index (χ1n) is 10.3. The van der Waals surface area contributed by atoms with E-state index in [0.29, 0.717) is 11.4 Å². The number of aromatic nitrogens is 3. The topological polar surface area (TPSA) is 54.4 Å². The molecular formula is C23H24F3N5O. The number of ether oxygens (including phenoxy) is 1. The Bertz CT molecular complexity index is 1030. The first kappa shape index (κ1) is 21.9. The second-order valence-electron chi connectivity index (χ2n) is 7.70. The summed E-state index contributed by atoms with van der Waals surface area (Å²) in [6.07, 6.45) is 4.03. The van der Waals surface area contributed by atoms with E-state index in [1.165, 1.54) is 12.1 Å². The highest BCUT2D eigenvalue weighted by molar-refractivity contribution is 5.69. The Labute approximate surface area is 184 Å². The number of benzene rings is 1. The van der Waals surface area contributed by atoms with E-state index in [1.807, 2.05) is 11.8 Å². The molecule has 32 heavy (non-hydrogen) atoms. The van der Waals surface area contributed by atoms with Crippen molar-refractivity contribution in [2.24, 2.45) is 0 Å². The number of aryl methyl sites for hydroxylation is 1. The average molecular weight is 443 g/mol. The van der Waals surface area contributed by atoms with Gasteiger partial charge in [-0.15, -0.1) is 0 Å². The zero-order valence-corrected chi connectivity index (χ0v) is 17.9. The van der Waals surface area contributed by atoms with Gasteiger partial charge in [0.05, 0.1) is 37.0 Å². The Morgan fingerprint density at radius 1 is 1.00 bits per heavy atom. The predicted molar refractivity (Wildman–Crippen MR) is 116 cm³/mol. The Hall–Kier alpha value is -3.36. The van der Waals surface area contributed by atoms with Crippen LogP contribution < -0.4 is 14.5 Å². The van der Waals surface area contributed by atoms with Gasteiger partial charge in [0.2, 0.25) is 0 Å². The van der Waals surface area contributed by atoms with Crippen LogP contribution in [0.2, 0.25) is 0 Å². The van der Waals surface area contributed by atoms with Gasteiger partial charge in [0.25, 0.3) is 0 Å². The number of methoxy groups -OCH3 is 1. The van der Waals surface area contributed by atoms with E-state index >= 15 is 0 Å². The van der Waals surface area contributed by atoms with Crippen molar-refractivity contribution >= 4 is 17.2 Å². The molecule has 0 amide bonds. The fourth-order valence-corrected chi connectivity index (χ4v) is 3.99. The van der Waals surface area contributed by atoms with Crippen LogP contribution in [-0.2, 0) is 6.18 Å². The third kappa shape index (κ3) is 4.61. The molecule has 0 saturated carbocycles. The summed E-state index contributed by atoms with van der Waals surface area (Å²) in [5, 5.41) is 0. The molecule has 0 bridgehead atoms. The molecule has 0 radical (unpaired) electrons. The number of halogens is 3. The van der Waals surface area contributed by atoms with Crippen molar-refractivity contribution in [1.29, 1.82) is 0 Å². The van der Waals surface area contributed by atoms with Crippen molar-refractivity contribution in [3.8, 4) is 5.75 Å². The maximum Gasteiger partial charge on any atom is 0.416 e. The molecule has 2 aromatic heterocycles. The number of pyridine rings is 1. The first-order chi connectivity index (χ1) is 15.4. The van der Waals surface area contributed by atoms with Crippen molar-refractivity contribution < 1.29 is 17.9 Å². The van der Waals surface area contributed by atoms with Gasteiger partial charge in [-0.25, -0.2) is 4.98 Å². The minimum Gasteiger partial charge on any atom is -0.494 e. The summed E-state index contributed by atoms with van der Waals surface area (Å²) in [6, 6.07) is 7.05. The van der Waals surface area contributed by atoms with Crippen LogP contribution in [0, 0.1) is 6.92 Å². The van der Waals surface area contributed by atoms with E-state index in [9.17, 15) is 13.2 Å². The second kappa shape index (κ2) is 9.02. The van der Waals surface area contributed by atoms with Crippen molar-refractivity contribution in [3.05, 3.63) is 66.4 Å². The van der Waals surface area contributed by atoms with Crippen molar-refractivity contribution in [1.82, 2.24) is 15.0 Å². The molecule has 3 heterocycles.